The summed E-state index contributed by atoms with van der Waals surface area (Å²) in [6.07, 6.45) is 0.605. The van der Waals surface area contributed by atoms with Crippen LogP contribution in [0.1, 0.15) is 19.7 Å². The van der Waals surface area contributed by atoms with Crippen LogP contribution < -0.4 is 5.32 Å². The summed E-state index contributed by atoms with van der Waals surface area (Å²) in [5.74, 6) is -0.714. The zero-order valence-electron chi connectivity index (χ0n) is 11.5. The van der Waals surface area contributed by atoms with E-state index in [0.717, 1.165) is 10.0 Å². The lowest BCUT2D eigenvalue weighted by Gasteiger charge is -2.02. The average molecular weight is 356 g/mol. The van der Waals surface area contributed by atoms with E-state index < -0.39 is 5.82 Å². The molecule has 0 spiro atoms. The van der Waals surface area contributed by atoms with Gasteiger partial charge in [-0.05, 0) is 19.1 Å². The smallest absolute Gasteiger partial charge is 0.262 e. The largest absolute Gasteiger partial charge is 0.351 e. The molecule has 0 bridgehead atoms. The maximum absolute atomic E-state index is 13.8. The molecule has 8 heteroatoms. The fraction of sp³-hybridized carbons (Fsp3) is 0.214. The maximum atomic E-state index is 13.8. The second-order valence-corrected chi connectivity index (χ2v) is 7.28. The maximum Gasteiger partial charge on any atom is 0.262 e. The number of nitrogens with one attached hydrogen (secondary N) is 1. The highest BCUT2D eigenvalue weighted by molar-refractivity contribution is 7.21. The molecule has 0 saturated carbocycles. The van der Waals surface area contributed by atoms with Crippen molar-refractivity contribution in [2.45, 2.75) is 13.3 Å². The molecule has 2 heterocycles. The number of rotatable bonds is 4. The molecule has 0 aliphatic carbocycles. The summed E-state index contributed by atoms with van der Waals surface area (Å²) in [6.45, 7) is 2.31. The lowest BCUT2D eigenvalue weighted by molar-refractivity contribution is 0.0958. The number of benzene rings is 1. The molecule has 1 amide bonds. The molecule has 0 unspecified atom stereocenters. The fourth-order valence-corrected chi connectivity index (χ4v) is 4.20. The Morgan fingerprint density at radius 3 is 2.86 bits per heavy atom. The minimum absolute atomic E-state index is 0.169. The van der Waals surface area contributed by atoms with Crippen molar-refractivity contribution in [1.29, 1.82) is 0 Å². The number of thiophene rings is 1. The molecule has 2 aromatic heterocycles. The Kier molecular flexibility index (Phi) is 4.37. The average Bonchev–Trinajstić information content (AvgIpc) is 3.04. The van der Waals surface area contributed by atoms with Crippen LogP contribution >= 0.6 is 34.3 Å². The topological polar surface area (TPSA) is 54.9 Å². The molecule has 0 saturated heterocycles. The molecular formula is C14H11ClFN3OS2. The number of hydrogen-bond donors (Lipinski definition) is 1. The van der Waals surface area contributed by atoms with Crippen molar-refractivity contribution in [1.82, 2.24) is 15.5 Å². The van der Waals surface area contributed by atoms with Gasteiger partial charge in [0.2, 0.25) is 0 Å². The van der Waals surface area contributed by atoms with Crippen molar-refractivity contribution >= 4 is 50.3 Å². The molecule has 0 aliphatic heterocycles. The molecule has 1 N–H and O–H groups in total. The van der Waals surface area contributed by atoms with Gasteiger partial charge >= 0.3 is 0 Å². The van der Waals surface area contributed by atoms with E-state index in [0.29, 0.717) is 27.9 Å². The number of amides is 1. The zero-order valence-corrected chi connectivity index (χ0v) is 13.9. The lowest BCUT2D eigenvalue weighted by atomic mass is 10.2. The monoisotopic (exact) mass is 355 g/mol. The first-order valence-electron chi connectivity index (χ1n) is 6.50. The number of fused-ring (bicyclic) bond motifs is 1. The number of carbonyl (C=O) groups excluding carboxylic acids is 1. The Bertz CT molecular complexity index is 846. The predicted octanol–water partition coefficient (Wildman–Crippen LogP) is 3.83. The Morgan fingerprint density at radius 1 is 1.36 bits per heavy atom. The number of hydrogen-bond acceptors (Lipinski definition) is 5. The van der Waals surface area contributed by atoms with E-state index in [-0.39, 0.29) is 10.9 Å². The zero-order chi connectivity index (χ0) is 15.7. The first-order chi connectivity index (χ1) is 10.6. The first kappa shape index (κ1) is 15.3. The highest BCUT2D eigenvalue weighted by Gasteiger charge is 2.19. The molecule has 4 nitrogen and oxygen atoms in total. The molecule has 1 aromatic carbocycles. The van der Waals surface area contributed by atoms with Crippen molar-refractivity contribution in [3.63, 3.8) is 0 Å². The van der Waals surface area contributed by atoms with Crippen LogP contribution in [-0.4, -0.2) is 22.6 Å². The van der Waals surface area contributed by atoms with Crippen molar-refractivity contribution in [2.75, 3.05) is 6.54 Å². The van der Waals surface area contributed by atoms with Gasteiger partial charge in [-0.2, -0.15) is 0 Å². The third-order valence-corrected chi connectivity index (χ3v) is 5.55. The van der Waals surface area contributed by atoms with Crippen molar-refractivity contribution < 1.29 is 9.18 Å². The molecule has 114 valence electrons. The number of aryl methyl sites for hydroxylation is 1. The van der Waals surface area contributed by atoms with Crippen LogP contribution in [0.4, 0.5) is 4.39 Å². The van der Waals surface area contributed by atoms with E-state index in [1.54, 1.807) is 12.1 Å². The Morgan fingerprint density at radius 2 is 2.18 bits per heavy atom. The van der Waals surface area contributed by atoms with Gasteiger partial charge in [-0.25, -0.2) is 4.39 Å². The first-order valence-corrected chi connectivity index (χ1v) is 8.51. The van der Waals surface area contributed by atoms with Gasteiger partial charge in [0.15, 0.2) is 0 Å². The van der Waals surface area contributed by atoms with Crippen LogP contribution in [-0.2, 0) is 6.42 Å². The summed E-state index contributed by atoms with van der Waals surface area (Å²) in [4.78, 5) is 12.5. The van der Waals surface area contributed by atoms with Gasteiger partial charge in [0.25, 0.3) is 5.91 Å². The Hall–Kier alpha value is -1.57. The van der Waals surface area contributed by atoms with Gasteiger partial charge in [-0.3, -0.25) is 4.79 Å². The molecule has 0 fully saturated rings. The van der Waals surface area contributed by atoms with Crippen LogP contribution in [0.15, 0.2) is 18.2 Å². The van der Waals surface area contributed by atoms with Crippen LogP contribution in [0.25, 0.3) is 10.1 Å². The second kappa shape index (κ2) is 6.28. The fourth-order valence-electron chi connectivity index (χ4n) is 2.02. The van der Waals surface area contributed by atoms with E-state index in [2.05, 4.69) is 15.5 Å². The van der Waals surface area contributed by atoms with Crippen LogP contribution in [0, 0.1) is 12.7 Å². The van der Waals surface area contributed by atoms with Gasteiger partial charge in [0, 0.05) is 23.1 Å². The summed E-state index contributed by atoms with van der Waals surface area (Å²) < 4.78 is 14.4. The second-order valence-electron chi connectivity index (χ2n) is 4.58. The van der Waals surface area contributed by atoms with Crippen molar-refractivity contribution in [2.24, 2.45) is 0 Å². The minimum atomic E-state index is -0.415. The van der Waals surface area contributed by atoms with E-state index in [1.165, 1.54) is 28.7 Å². The summed E-state index contributed by atoms with van der Waals surface area (Å²) in [5.41, 5.74) is 0. The third-order valence-electron chi connectivity index (χ3n) is 3.00. The van der Waals surface area contributed by atoms with E-state index in [1.807, 2.05) is 6.92 Å². The summed E-state index contributed by atoms with van der Waals surface area (Å²) >= 11 is 8.83. The number of carbonyl (C=O) groups is 1. The van der Waals surface area contributed by atoms with Gasteiger partial charge < -0.3 is 5.32 Å². The third kappa shape index (κ3) is 2.97. The van der Waals surface area contributed by atoms with Gasteiger partial charge in [-0.15, -0.1) is 32.9 Å². The normalized spacial score (nSPS) is 11.0. The number of aromatic nitrogens is 2. The predicted molar refractivity (Wildman–Crippen MR) is 87.5 cm³/mol. The molecule has 3 rings (SSSR count). The van der Waals surface area contributed by atoms with Crippen molar-refractivity contribution in [3.8, 4) is 0 Å². The number of nitrogens with zero attached hydrogens (tertiary/aromatic N) is 2. The SMILES string of the molecule is Cc1nnc(CCNC(=O)c2sc3cccc(F)c3c2Cl)s1. The Balaban J connectivity index is 1.72. The standard InChI is InChI=1S/C14H11ClFN3OS2/c1-7-18-19-10(21-7)5-6-17-14(20)13-12(15)11-8(16)3-2-4-9(11)22-13/h2-4H,5-6H2,1H3,(H,17,20). The lowest BCUT2D eigenvalue weighted by Crippen LogP contribution is -2.25. The van der Waals surface area contributed by atoms with Gasteiger partial charge in [-0.1, -0.05) is 17.7 Å². The van der Waals surface area contributed by atoms with Crippen molar-refractivity contribution in [3.05, 3.63) is 43.9 Å². The molecule has 0 radical (unpaired) electrons. The molecule has 3 aromatic rings. The van der Waals surface area contributed by atoms with E-state index in [4.69, 9.17) is 11.6 Å². The van der Waals surface area contributed by atoms with E-state index in [9.17, 15) is 9.18 Å². The van der Waals surface area contributed by atoms with Gasteiger partial charge in [0.05, 0.1) is 5.02 Å². The minimum Gasteiger partial charge on any atom is -0.351 e. The number of halogens is 2. The molecule has 0 aliphatic rings. The molecule has 22 heavy (non-hydrogen) atoms. The summed E-state index contributed by atoms with van der Waals surface area (Å²) in [7, 11) is 0. The van der Waals surface area contributed by atoms with Crippen LogP contribution in [0.3, 0.4) is 0 Å². The van der Waals surface area contributed by atoms with E-state index >= 15 is 0 Å². The van der Waals surface area contributed by atoms with Crippen LogP contribution in [0.5, 0.6) is 0 Å². The summed E-state index contributed by atoms with van der Waals surface area (Å²) in [6, 6.07) is 4.68. The quantitative estimate of drug-likeness (QED) is 0.773. The molecule has 0 atom stereocenters. The van der Waals surface area contributed by atoms with Crippen LogP contribution in [0.2, 0.25) is 5.02 Å². The summed E-state index contributed by atoms with van der Waals surface area (Å²) in [5, 5.41) is 12.9. The Labute approximate surface area is 138 Å². The highest BCUT2D eigenvalue weighted by atomic mass is 35.5. The molecular weight excluding hydrogens is 345 g/mol. The van der Waals surface area contributed by atoms with Gasteiger partial charge in [0.1, 0.15) is 20.7 Å². The highest BCUT2D eigenvalue weighted by Crippen LogP contribution is 2.36.